The minimum Gasteiger partial charge on any atom is -0.466 e. The van der Waals surface area contributed by atoms with Crippen LogP contribution in [-0.2, 0) is 23.1 Å². The number of esters is 1. The number of ether oxygens (including phenoxy) is 1. The van der Waals surface area contributed by atoms with Crippen molar-refractivity contribution in [1.82, 2.24) is 19.7 Å². The van der Waals surface area contributed by atoms with Gasteiger partial charge in [-0.05, 0) is 26.3 Å². The van der Waals surface area contributed by atoms with E-state index in [0.29, 0.717) is 6.61 Å². The number of aromatic nitrogens is 3. The molecule has 1 saturated heterocycles. The molecule has 0 radical (unpaired) electrons. The molecule has 0 bridgehead atoms. The highest BCUT2D eigenvalue weighted by atomic mass is 16.5. The molecule has 0 saturated carbocycles. The van der Waals surface area contributed by atoms with Crippen LogP contribution >= 0.6 is 0 Å². The van der Waals surface area contributed by atoms with Gasteiger partial charge >= 0.3 is 5.97 Å². The Morgan fingerprint density at radius 2 is 2.44 bits per heavy atom. The van der Waals surface area contributed by atoms with Crippen LogP contribution in [0.5, 0.6) is 0 Å². The number of aryl methyl sites for hydroxylation is 1. The van der Waals surface area contributed by atoms with Gasteiger partial charge < -0.3 is 9.30 Å². The predicted molar refractivity (Wildman–Crippen MR) is 65.6 cm³/mol. The minimum absolute atomic E-state index is 0.00641. The molecule has 2 rings (SSSR count). The van der Waals surface area contributed by atoms with E-state index >= 15 is 0 Å². The summed E-state index contributed by atoms with van der Waals surface area (Å²) in [6.07, 6.45) is 3.65. The van der Waals surface area contributed by atoms with Crippen LogP contribution in [0.2, 0.25) is 0 Å². The molecule has 6 heteroatoms. The van der Waals surface area contributed by atoms with E-state index in [1.165, 1.54) is 0 Å². The van der Waals surface area contributed by atoms with Crippen molar-refractivity contribution in [3.8, 4) is 0 Å². The van der Waals surface area contributed by atoms with Crippen molar-refractivity contribution < 1.29 is 9.53 Å². The molecule has 0 spiro atoms. The van der Waals surface area contributed by atoms with E-state index in [9.17, 15) is 4.79 Å². The summed E-state index contributed by atoms with van der Waals surface area (Å²) in [5, 5.41) is 7.94. The molecule has 2 heterocycles. The Bertz CT molecular complexity index is 405. The predicted octanol–water partition coefficient (Wildman–Crippen LogP) is 0.590. The van der Waals surface area contributed by atoms with Gasteiger partial charge in [0.25, 0.3) is 0 Å². The molecule has 0 amide bonds. The van der Waals surface area contributed by atoms with Crippen molar-refractivity contribution in [1.29, 1.82) is 0 Å². The van der Waals surface area contributed by atoms with Crippen molar-refractivity contribution in [3.63, 3.8) is 0 Å². The lowest BCUT2D eigenvalue weighted by atomic mass is 9.98. The molecule has 0 aliphatic carbocycles. The molecule has 18 heavy (non-hydrogen) atoms. The zero-order valence-corrected chi connectivity index (χ0v) is 11.0. The topological polar surface area (TPSA) is 60.2 Å². The molecule has 0 N–H and O–H groups in total. The van der Waals surface area contributed by atoms with Gasteiger partial charge in [0.15, 0.2) is 0 Å². The van der Waals surface area contributed by atoms with Crippen molar-refractivity contribution in [2.45, 2.75) is 26.3 Å². The fraction of sp³-hybridized carbons (Fsp3) is 0.750. The lowest BCUT2D eigenvalue weighted by molar-refractivity contribution is -0.150. The maximum atomic E-state index is 11.7. The molecule has 1 aromatic rings. The quantitative estimate of drug-likeness (QED) is 0.734. The molecule has 1 aliphatic heterocycles. The van der Waals surface area contributed by atoms with Gasteiger partial charge in [-0.1, -0.05) is 0 Å². The van der Waals surface area contributed by atoms with E-state index in [1.807, 2.05) is 18.5 Å². The van der Waals surface area contributed by atoms with Crippen molar-refractivity contribution in [2.24, 2.45) is 13.0 Å². The van der Waals surface area contributed by atoms with E-state index in [4.69, 9.17) is 4.74 Å². The average Bonchev–Trinajstić information content (AvgIpc) is 2.76. The molecular formula is C12H20N4O2. The molecule has 1 aliphatic rings. The Hall–Kier alpha value is -1.43. The number of hydrogen-bond acceptors (Lipinski definition) is 5. The molecule has 1 unspecified atom stereocenters. The number of piperidine rings is 1. The maximum absolute atomic E-state index is 11.7. The Labute approximate surface area is 107 Å². The van der Waals surface area contributed by atoms with Gasteiger partial charge in [-0.3, -0.25) is 9.69 Å². The lowest BCUT2D eigenvalue weighted by Gasteiger charge is -2.30. The van der Waals surface area contributed by atoms with E-state index in [1.54, 1.807) is 6.33 Å². The fourth-order valence-corrected chi connectivity index (χ4v) is 2.30. The highest BCUT2D eigenvalue weighted by molar-refractivity contribution is 5.72. The summed E-state index contributed by atoms with van der Waals surface area (Å²) in [5.41, 5.74) is 0. The smallest absolute Gasteiger partial charge is 0.310 e. The summed E-state index contributed by atoms with van der Waals surface area (Å²) in [7, 11) is 1.93. The van der Waals surface area contributed by atoms with E-state index < -0.39 is 0 Å². The SMILES string of the molecule is CCOC(=O)C1CCCN(Cc2nncn2C)C1. The second-order valence-electron chi connectivity index (χ2n) is 4.68. The Kier molecular flexibility index (Phi) is 4.30. The summed E-state index contributed by atoms with van der Waals surface area (Å²) >= 11 is 0. The third-order valence-corrected chi connectivity index (χ3v) is 3.30. The van der Waals surface area contributed by atoms with E-state index in [0.717, 1.165) is 38.3 Å². The number of nitrogens with zero attached hydrogens (tertiary/aromatic N) is 4. The normalized spacial score (nSPS) is 20.9. The second-order valence-corrected chi connectivity index (χ2v) is 4.68. The molecule has 1 aromatic heterocycles. The van der Waals surface area contributed by atoms with Crippen LogP contribution in [0.4, 0.5) is 0 Å². The van der Waals surface area contributed by atoms with E-state index in [2.05, 4.69) is 15.1 Å². The monoisotopic (exact) mass is 252 g/mol. The van der Waals surface area contributed by atoms with Gasteiger partial charge in [-0.2, -0.15) is 0 Å². The van der Waals surface area contributed by atoms with Crippen LogP contribution < -0.4 is 0 Å². The van der Waals surface area contributed by atoms with Gasteiger partial charge in [-0.15, -0.1) is 10.2 Å². The summed E-state index contributed by atoms with van der Waals surface area (Å²) < 4.78 is 7.00. The first-order chi connectivity index (χ1) is 8.70. The molecule has 0 aromatic carbocycles. The number of hydrogen-bond donors (Lipinski definition) is 0. The largest absolute Gasteiger partial charge is 0.466 e. The molecule has 1 fully saturated rings. The van der Waals surface area contributed by atoms with Gasteiger partial charge in [-0.25, -0.2) is 0 Å². The van der Waals surface area contributed by atoms with Gasteiger partial charge in [0.2, 0.25) is 0 Å². The zero-order chi connectivity index (χ0) is 13.0. The van der Waals surface area contributed by atoms with E-state index in [-0.39, 0.29) is 11.9 Å². The molecule has 100 valence electrons. The Morgan fingerprint density at radius 3 is 3.11 bits per heavy atom. The van der Waals surface area contributed by atoms with Crippen LogP contribution in [0.3, 0.4) is 0 Å². The summed E-state index contributed by atoms with van der Waals surface area (Å²) in [5.74, 6) is 0.867. The first-order valence-corrected chi connectivity index (χ1v) is 6.42. The van der Waals surface area contributed by atoms with Crippen LogP contribution in [0.15, 0.2) is 6.33 Å². The summed E-state index contributed by atoms with van der Waals surface area (Å²) in [6, 6.07) is 0. The number of rotatable bonds is 4. The Balaban J connectivity index is 1.91. The van der Waals surface area contributed by atoms with Crippen LogP contribution in [-0.4, -0.2) is 45.3 Å². The van der Waals surface area contributed by atoms with Crippen molar-refractivity contribution in [2.75, 3.05) is 19.7 Å². The van der Waals surface area contributed by atoms with Crippen LogP contribution in [0.25, 0.3) is 0 Å². The minimum atomic E-state index is -0.0693. The third kappa shape index (κ3) is 3.07. The molecular weight excluding hydrogens is 232 g/mol. The Morgan fingerprint density at radius 1 is 1.61 bits per heavy atom. The third-order valence-electron chi connectivity index (χ3n) is 3.30. The average molecular weight is 252 g/mol. The lowest BCUT2D eigenvalue weighted by Crippen LogP contribution is -2.39. The van der Waals surface area contributed by atoms with Gasteiger partial charge in [0.1, 0.15) is 12.2 Å². The first kappa shape index (κ1) is 13.0. The summed E-state index contributed by atoms with van der Waals surface area (Å²) in [6.45, 7) is 4.80. The van der Waals surface area contributed by atoms with Crippen molar-refractivity contribution in [3.05, 3.63) is 12.2 Å². The number of carbonyl (C=O) groups excluding carboxylic acids is 1. The molecule has 6 nitrogen and oxygen atoms in total. The maximum Gasteiger partial charge on any atom is 0.310 e. The fourth-order valence-electron chi connectivity index (χ4n) is 2.30. The highest BCUT2D eigenvalue weighted by Crippen LogP contribution is 2.19. The standard InChI is InChI=1S/C12H20N4O2/c1-3-18-12(17)10-5-4-6-16(7-10)8-11-14-13-9-15(11)2/h9-10H,3-8H2,1-2H3. The summed E-state index contributed by atoms with van der Waals surface area (Å²) in [4.78, 5) is 14.0. The zero-order valence-electron chi connectivity index (χ0n) is 11.0. The second kappa shape index (κ2) is 5.95. The first-order valence-electron chi connectivity index (χ1n) is 6.42. The van der Waals surface area contributed by atoms with Crippen molar-refractivity contribution >= 4 is 5.97 Å². The van der Waals surface area contributed by atoms with Crippen LogP contribution in [0.1, 0.15) is 25.6 Å². The van der Waals surface area contributed by atoms with Gasteiger partial charge in [0.05, 0.1) is 19.1 Å². The van der Waals surface area contributed by atoms with Gasteiger partial charge in [0, 0.05) is 13.6 Å². The number of carbonyl (C=O) groups is 1. The number of likely N-dealkylation sites (tertiary alicyclic amines) is 1. The van der Waals surface area contributed by atoms with Crippen LogP contribution in [0, 0.1) is 5.92 Å². The highest BCUT2D eigenvalue weighted by Gasteiger charge is 2.27. The molecule has 1 atom stereocenters.